The smallest absolute Gasteiger partial charge is 0.241 e. The van der Waals surface area contributed by atoms with Crippen LogP contribution in [0.4, 0.5) is 31.5 Å². The summed E-state index contributed by atoms with van der Waals surface area (Å²) >= 11 is 0. The molecule has 2 fully saturated rings. The Labute approximate surface area is 259 Å². The number of alkyl halides is 2. The summed E-state index contributed by atoms with van der Waals surface area (Å²) in [5.74, 6) is 0.334. The van der Waals surface area contributed by atoms with Gasteiger partial charge in [-0.3, -0.25) is 0 Å². The SMILES string of the molecule is CC/C=C(\O)c1cc(Nc2ccccc2C)cc(C2(c3ccc(N(C)c4ccc(O)cc4)cc3)CC2)c1.FC(F)C1CCC1. The minimum atomic E-state index is -2.05. The van der Waals surface area contributed by atoms with E-state index in [-0.39, 0.29) is 17.1 Å². The highest BCUT2D eigenvalue weighted by atomic mass is 19.3. The van der Waals surface area contributed by atoms with Gasteiger partial charge in [0.05, 0.1) is 0 Å². The van der Waals surface area contributed by atoms with Crippen molar-refractivity contribution in [1.82, 2.24) is 0 Å². The van der Waals surface area contributed by atoms with Gasteiger partial charge < -0.3 is 20.4 Å². The maximum absolute atomic E-state index is 11.5. The fraction of sp³-hybridized carbons (Fsp3) is 0.316. The zero-order valence-corrected chi connectivity index (χ0v) is 25.7. The van der Waals surface area contributed by atoms with Gasteiger partial charge in [0.15, 0.2) is 0 Å². The molecule has 3 N–H and O–H groups in total. The molecule has 0 heterocycles. The van der Waals surface area contributed by atoms with Crippen molar-refractivity contribution >= 4 is 28.5 Å². The molecule has 4 nitrogen and oxygen atoms in total. The average molecular weight is 597 g/mol. The molecular formula is C38H42F2N2O2. The van der Waals surface area contributed by atoms with Crippen molar-refractivity contribution < 1.29 is 19.0 Å². The summed E-state index contributed by atoms with van der Waals surface area (Å²) < 4.78 is 23.0. The summed E-state index contributed by atoms with van der Waals surface area (Å²) in [6.45, 7) is 4.13. The molecule has 44 heavy (non-hydrogen) atoms. The molecule has 2 saturated carbocycles. The molecule has 0 unspecified atom stereocenters. The molecule has 6 rings (SSSR count). The van der Waals surface area contributed by atoms with Crippen molar-refractivity contribution in [2.24, 2.45) is 5.92 Å². The first-order chi connectivity index (χ1) is 21.2. The number of rotatable bonds is 9. The number of aliphatic hydroxyl groups is 1. The van der Waals surface area contributed by atoms with E-state index in [0.29, 0.717) is 5.76 Å². The van der Waals surface area contributed by atoms with Gasteiger partial charge in [-0.15, -0.1) is 0 Å². The maximum Gasteiger partial charge on any atom is 0.241 e. The molecule has 0 atom stereocenters. The van der Waals surface area contributed by atoms with Crippen LogP contribution in [0.25, 0.3) is 5.76 Å². The van der Waals surface area contributed by atoms with Crippen LogP contribution in [0.15, 0.2) is 97.1 Å². The van der Waals surface area contributed by atoms with Crippen molar-refractivity contribution in [3.05, 3.63) is 119 Å². The third-order valence-electron chi connectivity index (χ3n) is 8.90. The van der Waals surface area contributed by atoms with E-state index >= 15 is 0 Å². The van der Waals surface area contributed by atoms with Crippen LogP contribution >= 0.6 is 0 Å². The van der Waals surface area contributed by atoms with Crippen LogP contribution < -0.4 is 10.2 Å². The number of nitrogens with one attached hydrogen (secondary N) is 1. The Morgan fingerprint density at radius 2 is 1.57 bits per heavy atom. The molecular weight excluding hydrogens is 554 g/mol. The first kappa shape index (κ1) is 31.1. The van der Waals surface area contributed by atoms with E-state index in [4.69, 9.17) is 0 Å². The van der Waals surface area contributed by atoms with E-state index in [1.54, 1.807) is 12.1 Å². The number of para-hydroxylation sites is 1. The fourth-order valence-corrected chi connectivity index (χ4v) is 5.69. The Morgan fingerprint density at radius 3 is 2.09 bits per heavy atom. The van der Waals surface area contributed by atoms with Crippen LogP contribution in [0.2, 0.25) is 0 Å². The minimum absolute atomic E-state index is 0.0553. The number of phenols is 1. The highest BCUT2D eigenvalue weighted by Crippen LogP contribution is 2.54. The van der Waals surface area contributed by atoms with Crippen LogP contribution in [-0.2, 0) is 5.41 Å². The number of nitrogens with zero attached hydrogens (tertiary/aromatic N) is 1. The van der Waals surface area contributed by atoms with E-state index in [2.05, 4.69) is 65.7 Å². The molecule has 2 aliphatic carbocycles. The quantitative estimate of drug-likeness (QED) is 0.168. The topological polar surface area (TPSA) is 55.7 Å². The Morgan fingerprint density at radius 1 is 0.932 bits per heavy atom. The Kier molecular flexibility index (Phi) is 9.58. The average Bonchev–Trinajstić information content (AvgIpc) is 3.80. The maximum atomic E-state index is 11.5. The number of allylic oxidation sites excluding steroid dienone is 1. The molecule has 0 aromatic heterocycles. The summed E-state index contributed by atoms with van der Waals surface area (Å²) in [6.07, 6.45) is 5.25. The molecule has 230 valence electrons. The van der Waals surface area contributed by atoms with Gasteiger partial charge in [0.25, 0.3) is 0 Å². The first-order valence-electron chi connectivity index (χ1n) is 15.5. The van der Waals surface area contributed by atoms with Crippen LogP contribution in [-0.4, -0.2) is 23.7 Å². The molecule has 6 heteroatoms. The molecule has 0 saturated heterocycles. The number of aromatic hydroxyl groups is 1. The zero-order chi connectivity index (χ0) is 31.3. The minimum Gasteiger partial charge on any atom is -0.508 e. The standard InChI is InChI=1S/C33H34N2O2.C5H8F2/c1-4-7-32(37)24-20-26(22-27(21-24)34-31-9-6-5-8-23(31)2)33(18-19-33)25-10-12-28(13-11-25)35(3)29-14-16-30(36)17-15-29;6-5(7)4-2-1-3-4/h5-17,20-22,34,36-37H,4,18-19H2,1-3H3;4-5H,1-3H2/b32-7-;. The summed E-state index contributed by atoms with van der Waals surface area (Å²) in [5, 5.41) is 24.0. The largest absolute Gasteiger partial charge is 0.508 e. The van der Waals surface area contributed by atoms with E-state index in [1.165, 1.54) is 16.7 Å². The van der Waals surface area contributed by atoms with Crippen molar-refractivity contribution in [2.75, 3.05) is 17.3 Å². The van der Waals surface area contributed by atoms with Gasteiger partial charge in [0, 0.05) is 46.7 Å². The van der Waals surface area contributed by atoms with Gasteiger partial charge >= 0.3 is 0 Å². The number of hydrogen-bond donors (Lipinski definition) is 3. The third kappa shape index (κ3) is 7.07. The normalized spacial score (nSPS) is 15.6. The summed E-state index contributed by atoms with van der Waals surface area (Å²) in [7, 11) is 2.03. The van der Waals surface area contributed by atoms with E-state index in [0.717, 1.165) is 66.8 Å². The van der Waals surface area contributed by atoms with E-state index < -0.39 is 6.43 Å². The molecule has 0 amide bonds. The molecule has 4 aromatic rings. The predicted molar refractivity (Wildman–Crippen MR) is 178 cm³/mol. The number of anilines is 4. The molecule has 0 spiro atoms. The number of aryl methyl sites for hydroxylation is 1. The molecule has 0 radical (unpaired) electrons. The number of hydrogen-bond acceptors (Lipinski definition) is 4. The Hall–Kier alpha value is -4.32. The van der Waals surface area contributed by atoms with Gasteiger partial charge in [-0.25, -0.2) is 8.78 Å². The van der Waals surface area contributed by atoms with Gasteiger partial charge in [-0.2, -0.15) is 0 Å². The van der Waals surface area contributed by atoms with Crippen LogP contribution in [0.5, 0.6) is 5.75 Å². The second kappa shape index (κ2) is 13.5. The zero-order valence-electron chi connectivity index (χ0n) is 25.7. The van der Waals surface area contributed by atoms with Crippen molar-refractivity contribution in [2.45, 2.75) is 64.2 Å². The highest BCUT2D eigenvalue weighted by Gasteiger charge is 2.46. The molecule has 2 aliphatic rings. The second-order valence-electron chi connectivity index (χ2n) is 12.0. The number of phenolic OH excluding ortho intramolecular Hbond substituents is 1. The Balaban J connectivity index is 0.000000484. The second-order valence-corrected chi connectivity index (χ2v) is 12.0. The summed E-state index contributed by atoms with van der Waals surface area (Å²) in [6, 6.07) is 30.7. The van der Waals surface area contributed by atoms with Crippen molar-refractivity contribution in [3.63, 3.8) is 0 Å². The lowest BCUT2D eigenvalue weighted by molar-refractivity contribution is 0.0345. The lowest BCUT2D eigenvalue weighted by Crippen LogP contribution is -2.18. The fourth-order valence-electron chi connectivity index (χ4n) is 5.69. The van der Waals surface area contributed by atoms with Gasteiger partial charge in [-0.1, -0.05) is 43.7 Å². The number of aliphatic hydroxyl groups excluding tert-OH is 1. The van der Waals surface area contributed by atoms with Gasteiger partial charge in [0.1, 0.15) is 11.5 Å². The molecule has 0 bridgehead atoms. The number of benzene rings is 4. The summed E-state index contributed by atoms with van der Waals surface area (Å²) in [5.41, 5.74) is 8.62. The van der Waals surface area contributed by atoms with Crippen LogP contribution in [0, 0.1) is 12.8 Å². The molecule has 4 aromatic carbocycles. The summed E-state index contributed by atoms with van der Waals surface area (Å²) in [4.78, 5) is 2.11. The lowest BCUT2D eigenvalue weighted by Gasteiger charge is -2.23. The van der Waals surface area contributed by atoms with Crippen LogP contribution in [0.3, 0.4) is 0 Å². The van der Waals surface area contributed by atoms with E-state index in [1.807, 2.05) is 50.4 Å². The monoisotopic (exact) mass is 596 g/mol. The van der Waals surface area contributed by atoms with Gasteiger partial charge in [-0.05, 0) is 122 Å². The highest BCUT2D eigenvalue weighted by molar-refractivity contribution is 5.71. The van der Waals surface area contributed by atoms with Crippen LogP contribution in [0.1, 0.15) is 67.7 Å². The third-order valence-corrected chi connectivity index (χ3v) is 8.90. The molecule has 0 aliphatic heterocycles. The lowest BCUT2D eigenvalue weighted by atomic mass is 9.86. The van der Waals surface area contributed by atoms with E-state index in [9.17, 15) is 19.0 Å². The first-order valence-corrected chi connectivity index (χ1v) is 15.5. The van der Waals surface area contributed by atoms with Crippen molar-refractivity contribution in [1.29, 1.82) is 0 Å². The van der Waals surface area contributed by atoms with Gasteiger partial charge in [0.2, 0.25) is 6.43 Å². The predicted octanol–water partition coefficient (Wildman–Crippen LogP) is 10.7. The van der Waals surface area contributed by atoms with Crippen molar-refractivity contribution in [3.8, 4) is 5.75 Å². The Bertz CT molecular complexity index is 1570. The number of halogens is 2.